The smallest absolute Gasteiger partial charge is 0.273 e. The number of aromatic nitrogens is 3. The van der Waals surface area contributed by atoms with E-state index in [1.54, 1.807) is 10.7 Å². The molecule has 0 spiro atoms. The van der Waals surface area contributed by atoms with Crippen molar-refractivity contribution in [3.8, 4) is 5.69 Å². The summed E-state index contributed by atoms with van der Waals surface area (Å²) in [6, 6.07) is 12.4. The second kappa shape index (κ2) is 7.13. The Hall–Kier alpha value is -2.93. The molecule has 1 aliphatic heterocycles. The number of hydrogen-bond donors (Lipinski definition) is 1. The first-order valence-corrected chi connectivity index (χ1v) is 8.90. The van der Waals surface area contributed by atoms with E-state index < -0.39 is 0 Å². The Kier molecular flexibility index (Phi) is 4.53. The molecule has 0 aliphatic carbocycles. The number of amides is 1. The van der Waals surface area contributed by atoms with Crippen molar-refractivity contribution in [2.75, 3.05) is 26.2 Å². The van der Waals surface area contributed by atoms with E-state index in [-0.39, 0.29) is 11.5 Å². The van der Waals surface area contributed by atoms with Crippen LogP contribution in [0.4, 0.5) is 0 Å². The first kappa shape index (κ1) is 16.5. The first-order chi connectivity index (χ1) is 12.7. The molecule has 7 nitrogen and oxygen atoms in total. The average Bonchev–Trinajstić information content (AvgIpc) is 3.30. The van der Waals surface area contributed by atoms with Crippen molar-refractivity contribution in [2.24, 2.45) is 0 Å². The van der Waals surface area contributed by atoms with Gasteiger partial charge in [-0.05, 0) is 38.1 Å². The highest BCUT2D eigenvalue weighted by atomic mass is 16.2. The molecule has 7 heteroatoms. The summed E-state index contributed by atoms with van der Waals surface area (Å²) in [4.78, 5) is 31.7. The van der Waals surface area contributed by atoms with Gasteiger partial charge in [-0.15, -0.1) is 0 Å². The standard InChI is InChI=1S/C19H21N5O2/c25-18-8-9-20-17-14-16(19(26)21-10-13-22-11-4-5-12-22)23(24(17)18)15-6-2-1-3-7-15/h1-3,6-9,14H,4-5,10-13H2,(H,21,26). The van der Waals surface area contributed by atoms with Gasteiger partial charge in [0.25, 0.3) is 11.5 Å². The molecule has 1 amide bonds. The zero-order valence-electron chi connectivity index (χ0n) is 14.5. The lowest BCUT2D eigenvalue weighted by atomic mass is 10.3. The minimum Gasteiger partial charge on any atom is -0.349 e. The van der Waals surface area contributed by atoms with Crippen LogP contribution >= 0.6 is 0 Å². The summed E-state index contributed by atoms with van der Waals surface area (Å²) in [6.07, 6.45) is 3.91. The third-order valence-corrected chi connectivity index (χ3v) is 4.69. The molecule has 26 heavy (non-hydrogen) atoms. The predicted molar refractivity (Wildman–Crippen MR) is 98.8 cm³/mol. The number of fused-ring (bicyclic) bond motifs is 1. The van der Waals surface area contributed by atoms with Gasteiger partial charge in [0.15, 0.2) is 5.65 Å². The third-order valence-electron chi connectivity index (χ3n) is 4.69. The van der Waals surface area contributed by atoms with E-state index in [2.05, 4.69) is 15.2 Å². The van der Waals surface area contributed by atoms with Gasteiger partial charge in [-0.1, -0.05) is 18.2 Å². The number of para-hydroxylation sites is 1. The largest absolute Gasteiger partial charge is 0.349 e. The van der Waals surface area contributed by atoms with Crippen LogP contribution in [0, 0.1) is 0 Å². The van der Waals surface area contributed by atoms with E-state index in [9.17, 15) is 9.59 Å². The van der Waals surface area contributed by atoms with E-state index in [0.717, 1.165) is 25.3 Å². The summed E-state index contributed by atoms with van der Waals surface area (Å²) < 4.78 is 3.04. The second-order valence-corrected chi connectivity index (χ2v) is 6.43. The zero-order valence-corrected chi connectivity index (χ0v) is 14.5. The van der Waals surface area contributed by atoms with Crippen LogP contribution in [0.2, 0.25) is 0 Å². The molecule has 0 radical (unpaired) electrons. The van der Waals surface area contributed by atoms with Crippen LogP contribution in [0.3, 0.4) is 0 Å². The number of carbonyl (C=O) groups is 1. The molecule has 1 saturated heterocycles. The molecule has 134 valence electrons. The summed E-state index contributed by atoms with van der Waals surface area (Å²) in [5.74, 6) is -0.210. The normalized spacial score (nSPS) is 14.8. The molecule has 0 saturated carbocycles. The lowest BCUT2D eigenvalue weighted by Crippen LogP contribution is -2.34. The Morgan fingerprint density at radius 1 is 1.12 bits per heavy atom. The lowest BCUT2D eigenvalue weighted by Gasteiger charge is -2.15. The van der Waals surface area contributed by atoms with Crippen LogP contribution in [-0.4, -0.2) is 51.2 Å². The average molecular weight is 351 g/mol. The fourth-order valence-corrected chi connectivity index (χ4v) is 3.42. The minimum atomic E-state index is -0.227. The Morgan fingerprint density at radius 2 is 1.88 bits per heavy atom. The number of nitrogens with one attached hydrogen (secondary N) is 1. The van der Waals surface area contributed by atoms with Crippen LogP contribution in [0.1, 0.15) is 23.3 Å². The maximum absolute atomic E-state index is 12.8. The number of rotatable bonds is 5. The van der Waals surface area contributed by atoms with Gasteiger partial charge < -0.3 is 10.2 Å². The Labute approximate surface area is 150 Å². The van der Waals surface area contributed by atoms with Gasteiger partial charge in [-0.2, -0.15) is 4.52 Å². The molecule has 0 atom stereocenters. The monoisotopic (exact) mass is 351 g/mol. The summed E-state index contributed by atoms with van der Waals surface area (Å²) >= 11 is 0. The van der Waals surface area contributed by atoms with Crippen molar-refractivity contribution in [3.63, 3.8) is 0 Å². The summed E-state index contributed by atoms with van der Waals surface area (Å²) in [7, 11) is 0. The van der Waals surface area contributed by atoms with E-state index in [0.29, 0.717) is 17.9 Å². The molecular weight excluding hydrogens is 330 g/mol. The van der Waals surface area contributed by atoms with Crippen LogP contribution in [-0.2, 0) is 0 Å². The zero-order chi connectivity index (χ0) is 17.9. The Bertz CT molecular complexity index is 971. The van der Waals surface area contributed by atoms with Gasteiger partial charge in [0.05, 0.1) is 5.69 Å². The van der Waals surface area contributed by atoms with Gasteiger partial charge in [0.1, 0.15) is 5.69 Å². The number of hydrogen-bond acceptors (Lipinski definition) is 4. The van der Waals surface area contributed by atoms with Crippen molar-refractivity contribution in [1.82, 2.24) is 24.4 Å². The molecule has 3 heterocycles. The van der Waals surface area contributed by atoms with Gasteiger partial charge in [0.2, 0.25) is 0 Å². The maximum Gasteiger partial charge on any atom is 0.273 e. The summed E-state index contributed by atoms with van der Waals surface area (Å²) in [6.45, 7) is 3.62. The van der Waals surface area contributed by atoms with Crippen molar-refractivity contribution in [2.45, 2.75) is 12.8 Å². The van der Waals surface area contributed by atoms with E-state index in [1.165, 1.54) is 29.6 Å². The fourth-order valence-electron chi connectivity index (χ4n) is 3.42. The predicted octanol–water partition coefficient (Wildman–Crippen LogP) is 1.31. The van der Waals surface area contributed by atoms with E-state index >= 15 is 0 Å². The van der Waals surface area contributed by atoms with Crippen LogP contribution < -0.4 is 10.9 Å². The molecule has 3 aromatic rings. The Balaban J connectivity index is 1.66. The molecule has 2 aromatic heterocycles. The van der Waals surface area contributed by atoms with E-state index in [1.807, 2.05) is 30.3 Å². The lowest BCUT2D eigenvalue weighted by molar-refractivity contribution is 0.0941. The SMILES string of the molecule is O=C(NCCN1CCCC1)c1cc2nccc(=O)n2n1-c1ccccc1. The van der Waals surface area contributed by atoms with E-state index in [4.69, 9.17) is 0 Å². The molecular formula is C19H21N5O2. The van der Waals surface area contributed by atoms with Crippen LogP contribution in [0.15, 0.2) is 53.5 Å². The van der Waals surface area contributed by atoms with Crippen molar-refractivity contribution >= 4 is 11.6 Å². The molecule has 1 fully saturated rings. The number of carbonyl (C=O) groups excluding carboxylic acids is 1. The second-order valence-electron chi connectivity index (χ2n) is 6.43. The maximum atomic E-state index is 12.8. The summed E-state index contributed by atoms with van der Waals surface area (Å²) in [5, 5.41) is 2.97. The minimum absolute atomic E-state index is 0.210. The number of likely N-dealkylation sites (tertiary alicyclic amines) is 1. The summed E-state index contributed by atoms with van der Waals surface area (Å²) in [5.41, 5.74) is 1.36. The van der Waals surface area contributed by atoms with Crippen molar-refractivity contribution in [3.05, 3.63) is 64.7 Å². The van der Waals surface area contributed by atoms with Gasteiger partial charge in [-0.25, -0.2) is 9.67 Å². The highest BCUT2D eigenvalue weighted by molar-refractivity contribution is 5.94. The highest BCUT2D eigenvalue weighted by Gasteiger charge is 2.19. The highest BCUT2D eigenvalue weighted by Crippen LogP contribution is 2.14. The third kappa shape index (κ3) is 3.13. The number of benzene rings is 1. The molecule has 1 aliphatic rings. The quantitative estimate of drug-likeness (QED) is 0.752. The fraction of sp³-hybridized carbons (Fsp3) is 0.316. The van der Waals surface area contributed by atoms with Gasteiger partial charge >= 0.3 is 0 Å². The first-order valence-electron chi connectivity index (χ1n) is 8.90. The van der Waals surface area contributed by atoms with Gasteiger partial charge in [0, 0.05) is 31.4 Å². The Morgan fingerprint density at radius 3 is 2.65 bits per heavy atom. The van der Waals surface area contributed by atoms with Crippen LogP contribution in [0.5, 0.6) is 0 Å². The number of nitrogens with zero attached hydrogens (tertiary/aromatic N) is 4. The van der Waals surface area contributed by atoms with Crippen molar-refractivity contribution < 1.29 is 4.79 Å². The molecule has 0 bridgehead atoms. The molecule has 4 rings (SSSR count). The molecule has 1 N–H and O–H groups in total. The van der Waals surface area contributed by atoms with Crippen LogP contribution in [0.25, 0.3) is 11.3 Å². The van der Waals surface area contributed by atoms with Crippen molar-refractivity contribution in [1.29, 1.82) is 0 Å². The molecule has 0 unspecified atom stereocenters. The van der Waals surface area contributed by atoms with Gasteiger partial charge in [-0.3, -0.25) is 9.59 Å². The molecule has 1 aromatic carbocycles. The topological polar surface area (TPSA) is 71.6 Å².